The zero-order valence-corrected chi connectivity index (χ0v) is 19.2. The van der Waals surface area contributed by atoms with E-state index in [-0.39, 0.29) is 43.3 Å². The van der Waals surface area contributed by atoms with E-state index in [2.05, 4.69) is 5.32 Å². The zero-order chi connectivity index (χ0) is 24.1. The van der Waals surface area contributed by atoms with Gasteiger partial charge in [0.1, 0.15) is 11.9 Å². The molecule has 176 valence electrons. The van der Waals surface area contributed by atoms with E-state index in [0.717, 1.165) is 11.1 Å². The third-order valence-electron chi connectivity index (χ3n) is 5.66. The van der Waals surface area contributed by atoms with Crippen LogP contribution in [0.25, 0.3) is 0 Å². The van der Waals surface area contributed by atoms with Crippen molar-refractivity contribution in [2.45, 2.75) is 32.9 Å². The van der Waals surface area contributed by atoms with Crippen molar-refractivity contribution in [3.05, 3.63) is 89.7 Å². The first-order chi connectivity index (χ1) is 16.4. The molecule has 2 amide bonds. The number of nitrogens with zero attached hydrogens (tertiary/aromatic N) is 1. The number of ether oxygens (including phenoxy) is 2. The predicted octanol–water partition coefficient (Wildman–Crippen LogP) is 4.79. The van der Waals surface area contributed by atoms with Gasteiger partial charge < -0.3 is 19.7 Å². The topological polar surface area (TPSA) is 67.9 Å². The molecule has 0 aliphatic carbocycles. The van der Waals surface area contributed by atoms with Gasteiger partial charge in [-0.05, 0) is 41.3 Å². The van der Waals surface area contributed by atoms with E-state index < -0.39 is 6.04 Å². The second kappa shape index (κ2) is 10.4. The van der Waals surface area contributed by atoms with Gasteiger partial charge in [0.25, 0.3) is 0 Å². The second-order valence-corrected chi connectivity index (χ2v) is 8.56. The minimum Gasteiger partial charge on any atom is -0.454 e. The van der Waals surface area contributed by atoms with Gasteiger partial charge in [-0.25, -0.2) is 4.39 Å². The average molecular weight is 463 g/mol. The Balaban J connectivity index is 1.60. The van der Waals surface area contributed by atoms with Gasteiger partial charge in [0, 0.05) is 18.3 Å². The molecule has 1 N–H and O–H groups in total. The van der Waals surface area contributed by atoms with Crippen molar-refractivity contribution in [2.75, 3.05) is 12.1 Å². The van der Waals surface area contributed by atoms with Crippen molar-refractivity contribution in [1.29, 1.82) is 0 Å². The summed E-state index contributed by atoms with van der Waals surface area (Å²) < 4.78 is 24.2. The smallest absolute Gasteiger partial charge is 0.247 e. The van der Waals surface area contributed by atoms with Crippen LogP contribution in [0.2, 0.25) is 0 Å². The Morgan fingerprint density at radius 2 is 1.65 bits per heavy atom. The lowest BCUT2D eigenvalue weighted by Crippen LogP contribution is -2.50. The second-order valence-electron chi connectivity index (χ2n) is 8.56. The molecule has 34 heavy (non-hydrogen) atoms. The minimum absolute atomic E-state index is 0.140. The Labute approximate surface area is 198 Å². The molecule has 1 aliphatic heterocycles. The molecule has 1 unspecified atom stereocenters. The van der Waals surface area contributed by atoms with E-state index in [0.29, 0.717) is 17.2 Å². The summed E-state index contributed by atoms with van der Waals surface area (Å²) in [6, 6.07) is 19.8. The highest BCUT2D eigenvalue weighted by Crippen LogP contribution is 2.34. The van der Waals surface area contributed by atoms with Crippen LogP contribution in [-0.2, 0) is 22.6 Å². The summed E-state index contributed by atoms with van der Waals surface area (Å²) in [5.41, 5.74) is 2.15. The molecule has 3 aromatic rings. The number of halogens is 1. The van der Waals surface area contributed by atoms with Crippen LogP contribution >= 0.6 is 0 Å². The maximum absolute atomic E-state index is 13.5. The predicted molar refractivity (Wildman–Crippen MR) is 127 cm³/mol. The van der Waals surface area contributed by atoms with Gasteiger partial charge in [-0.3, -0.25) is 9.59 Å². The monoisotopic (exact) mass is 462 g/mol. The first-order valence-corrected chi connectivity index (χ1v) is 11.2. The van der Waals surface area contributed by atoms with E-state index in [1.807, 2.05) is 44.2 Å². The standard InChI is InChI=1S/C27H27FN2O4/c1-18(2)26(27(32)29-22-12-13-23-24(15-22)34-17-33-23)30(16-20-8-10-21(28)11-9-20)25(31)14-19-6-4-3-5-7-19/h3-13,15,18,26H,14,16-17H2,1-2H3,(H,29,32). The number of rotatable bonds is 8. The van der Waals surface area contributed by atoms with Crippen LogP contribution in [0.15, 0.2) is 72.8 Å². The highest BCUT2D eigenvalue weighted by molar-refractivity contribution is 5.97. The Morgan fingerprint density at radius 3 is 2.35 bits per heavy atom. The van der Waals surface area contributed by atoms with Crippen LogP contribution in [-0.4, -0.2) is 29.5 Å². The fourth-order valence-electron chi connectivity index (χ4n) is 3.99. The van der Waals surface area contributed by atoms with Crippen molar-refractivity contribution >= 4 is 17.5 Å². The van der Waals surface area contributed by atoms with Gasteiger partial charge in [-0.2, -0.15) is 0 Å². The summed E-state index contributed by atoms with van der Waals surface area (Å²) in [6.07, 6.45) is 0.155. The molecular formula is C27H27FN2O4. The third-order valence-corrected chi connectivity index (χ3v) is 5.66. The van der Waals surface area contributed by atoms with Gasteiger partial charge in [0.05, 0.1) is 6.42 Å². The number of hydrogen-bond acceptors (Lipinski definition) is 4. The summed E-state index contributed by atoms with van der Waals surface area (Å²) in [4.78, 5) is 28.5. The Kier molecular flexibility index (Phi) is 7.11. The van der Waals surface area contributed by atoms with Crippen LogP contribution in [0.4, 0.5) is 10.1 Å². The van der Waals surface area contributed by atoms with Crippen LogP contribution in [0.3, 0.4) is 0 Å². The number of fused-ring (bicyclic) bond motifs is 1. The van der Waals surface area contributed by atoms with Crippen molar-refractivity contribution in [3.8, 4) is 11.5 Å². The minimum atomic E-state index is -0.744. The normalized spacial score (nSPS) is 12.9. The van der Waals surface area contributed by atoms with E-state index in [9.17, 15) is 14.0 Å². The molecule has 1 atom stereocenters. The molecule has 0 saturated carbocycles. The molecule has 4 rings (SSSR count). The van der Waals surface area contributed by atoms with Gasteiger partial charge in [-0.15, -0.1) is 0 Å². The summed E-state index contributed by atoms with van der Waals surface area (Å²) in [6.45, 7) is 4.12. The molecule has 0 saturated heterocycles. The SMILES string of the molecule is CC(C)C(C(=O)Nc1ccc2c(c1)OCO2)N(Cc1ccc(F)cc1)C(=O)Cc1ccccc1. The summed E-state index contributed by atoms with van der Waals surface area (Å²) in [5.74, 6) is 0.158. The number of carbonyl (C=O) groups is 2. The first kappa shape index (κ1) is 23.3. The number of benzene rings is 3. The van der Waals surface area contributed by atoms with Crippen molar-refractivity contribution in [3.63, 3.8) is 0 Å². The fourth-order valence-corrected chi connectivity index (χ4v) is 3.99. The van der Waals surface area contributed by atoms with Crippen molar-refractivity contribution in [2.24, 2.45) is 5.92 Å². The van der Waals surface area contributed by atoms with Crippen LogP contribution < -0.4 is 14.8 Å². The Hall–Kier alpha value is -3.87. The lowest BCUT2D eigenvalue weighted by Gasteiger charge is -2.34. The maximum atomic E-state index is 13.5. The van der Waals surface area contributed by atoms with Crippen molar-refractivity contribution in [1.82, 2.24) is 4.90 Å². The Bertz CT molecular complexity index is 1150. The first-order valence-electron chi connectivity index (χ1n) is 11.2. The zero-order valence-electron chi connectivity index (χ0n) is 19.2. The molecule has 0 bridgehead atoms. The largest absolute Gasteiger partial charge is 0.454 e. The van der Waals surface area contributed by atoms with E-state index in [1.165, 1.54) is 12.1 Å². The molecular weight excluding hydrogens is 435 g/mol. The number of anilines is 1. The summed E-state index contributed by atoms with van der Waals surface area (Å²) in [5, 5.41) is 2.92. The quantitative estimate of drug-likeness (QED) is 0.523. The molecule has 0 fully saturated rings. The van der Waals surface area contributed by atoms with Crippen LogP contribution in [0.1, 0.15) is 25.0 Å². The number of carbonyl (C=O) groups excluding carboxylic acids is 2. The van der Waals surface area contributed by atoms with Crippen LogP contribution in [0.5, 0.6) is 11.5 Å². The number of nitrogens with one attached hydrogen (secondary N) is 1. The summed E-state index contributed by atoms with van der Waals surface area (Å²) in [7, 11) is 0. The molecule has 7 heteroatoms. The highest BCUT2D eigenvalue weighted by Gasteiger charge is 2.33. The van der Waals surface area contributed by atoms with Gasteiger partial charge >= 0.3 is 0 Å². The fraction of sp³-hybridized carbons (Fsp3) is 0.259. The maximum Gasteiger partial charge on any atom is 0.247 e. The number of hydrogen-bond donors (Lipinski definition) is 1. The molecule has 1 aliphatic rings. The van der Waals surface area contributed by atoms with E-state index in [1.54, 1.807) is 35.2 Å². The van der Waals surface area contributed by atoms with Gasteiger partial charge in [0.15, 0.2) is 11.5 Å². The average Bonchev–Trinajstić information content (AvgIpc) is 3.28. The third kappa shape index (κ3) is 5.54. The molecule has 3 aromatic carbocycles. The lowest BCUT2D eigenvalue weighted by atomic mass is 9.99. The summed E-state index contributed by atoms with van der Waals surface area (Å²) >= 11 is 0. The van der Waals surface area contributed by atoms with Crippen LogP contribution in [0, 0.1) is 11.7 Å². The molecule has 1 heterocycles. The molecule has 0 aromatic heterocycles. The number of amides is 2. The lowest BCUT2D eigenvalue weighted by molar-refractivity contribution is -0.140. The molecule has 0 radical (unpaired) electrons. The molecule has 6 nitrogen and oxygen atoms in total. The van der Waals surface area contributed by atoms with Gasteiger partial charge in [0.2, 0.25) is 18.6 Å². The van der Waals surface area contributed by atoms with Crippen molar-refractivity contribution < 1.29 is 23.5 Å². The molecule has 0 spiro atoms. The van der Waals surface area contributed by atoms with E-state index in [4.69, 9.17) is 9.47 Å². The van der Waals surface area contributed by atoms with Gasteiger partial charge in [-0.1, -0.05) is 56.3 Å². The van der Waals surface area contributed by atoms with E-state index >= 15 is 0 Å². The highest BCUT2D eigenvalue weighted by atomic mass is 19.1. The Morgan fingerprint density at radius 1 is 0.941 bits per heavy atom.